The van der Waals surface area contributed by atoms with Crippen LogP contribution in [0, 0.1) is 0 Å². The third kappa shape index (κ3) is 4.02. The van der Waals surface area contributed by atoms with E-state index in [1.54, 1.807) is 0 Å². The third-order valence-corrected chi connectivity index (χ3v) is 6.62. The molecule has 32 heavy (non-hydrogen) atoms. The molecule has 8 heteroatoms. The quantitative estimate of drug-likeness (QED) is 0.750. The van der Waals surface area contributed by atoms with E-state index in [-0.39, 0.29) is 17.9 Å². The highest BCUT2D eigenvalue weighted by Gasteiger charge is 2.37. The van der Waals surface area contributed by atoms with Crippen LogP contribution in [0.2, 0.25) is 0 Å². The van der Waals surface area contributed by atoms with Gasteiger partial charge < -0.3 is 20.4 Å². The minimum absolute atomic E-state index is 0.0287. The lowest BCUT2D eigenvalue weighted by atomic mass is 10.1. The largest absolute Gasteiger partial charge is 0.369 e. The minimum atomic E-state index is -0.0518. The second-order valence-electron chi connectivity index (χ2n) is 8.72. The SMILES string of the molecule is CCNC(=O)c1ccc(N2CCN(Cc3cnc4c(c3)NC(=O)[C@@H]3CCCN43)CC2)cc1. The highest BCUT2D eigenvalue weighted by atomic mass is 16.2. The van der Waals surface area contributed by atoms with Gasteiger partial charge >= 0.3 is 0 Å². The van der Waals surface area contributed by atoms with Crippen LogP contribution in [-0.2, 0) is 11.3 Å². The Bertz CT molecular complexity index is 1000. The van der Waals surface area contributed by atoms with E-state index in [0.29, 0.717) is 12.1 Å². The molecule has 2 amide bonds. The first-order valence-corrected chi connectivity index (χ1v) is 11.5. The van der Waals surface area contributed by atoms with E-state index in [0.717, 1.165) is 74.9 Å². The molecule has 4 heterocycles. The summed E-state index contributed by atoms with van der Waals surface area (Å²) in [5.41, 5.74) is 3.82. The number of amides is 2. The number of piperazine rings is 1. The molecule has 2 N–H and O–H groups in total. The molecule has 1 aromatic heterocycles. The zero-order chi connectivity index (χ0) is 22.1. The van der Waals surface area contributed by atoms with E-state index in [2.05, 4.69) is 31.4 Å². The molecule has 3 aliphatic heterocycles. The van der Waals surface area contributed by atoms with Crippen LogP contribution in [0.4, 0.5) is 17.2 Å². The van der Waals surface area contributed by atoms with Gasteiger partial charge in [-0.05, 0) is 55.7 Å². The number of nitrogens with one attached hydrogen (secondary N) is 2. The van der Waals surface area contributed by atoms with E-state index in [1.807, 2.05) is 37.4 Å². The van der Waals surface area contributed by atoms with Crippen molar-refractivity contribution in [1.29, 1.82) is 0 Å². The number of hydrogen-bond donors (Lipinski definition) is 2. The first-order chi connectivity index (χ1) is 15.6. The van der Waals surface area contributed by atoms with Crippen molar-refractivity contribution in [3.63, 3.8) is 0 Å². The number of carbonyl (C=O) groups excluding carboxylic acids is 2. The first-order valence-electron chi connectivity index (χ1n) is 11.5. The number of nitrogens with zero attached hydrogens (tertiary/aromatic N) is 4. The van der Waals surface area contributed by atoms with Crippen LogP contribution in [0.1, 0.15) is 35.7 Å². The third-order valence-electron chi connectivity index (χ3n) is 6.62. The highest BCUT2D eigenvalue weighted by Crippen LogP contribution is 2.35. The minimum Gasteiger partial charge on any atom is -0.369 e. The fourth-order valence-electron chi connectivity index (χ4n) is 4.93. The summed E-state index contributed by atoms with van der Waals surface area (Å²) in [5.74, 6) is 0.983. The van der Waals surface area contributed by atoms with Gasteiger partial charge in [-0.3, -0.25) is 14.5 Å². The number of hydrogen-bond acceptors (Lipinski definition) is 6. The summed E-state index contributed by atoms with van der Waals surface area (Å²) < 4.78 is 0. The Morgan fingerprint density at radius 2 is 1.94 bits per heavy atom. The summed E-state index contributed by atoms with van der Waals surface area (Å²) in [6.45, 7) is 8.06. The molecule has 0 bridgehead atoms. The molecule has 0 spiro atoms. The van der Waals surface area contributed by atoms with Crippen molar-refractivity contribution in [3.05, 3.63) is 47.7 Å². The molecule has 0 unspecified atom stereocenters. The highest BCUT2D eigenvalue weighted by molar-refractivity contribution is 6.03. The number of aromatic nitrogens is 1. The van der Waals surface area contributed by atoms with Crippen molar-refractivity contribution in [2.75, 3.05) is 54.4 Å². The number of rotatable bonds is 5. The van der Waals surface area contributed by atoms with Gasteiger partial charge in [-0.15, -0.1) is 0 Å². The fraction of sp³-hybridized carbons (Fsp3) is 0.458. The molecule has 2 saturated heterocycles. The van der Waals surface area contributed by atoms with E-state index >= 15 is 0 Å². The number of fused-ring (bicyclic) bond motifs is 3. The lowest BCUT2D eigenvalue weighted by Crippen LogP contribution is -2.46. The summed E-state index contributed by atoms with van der Waals surface area (Å²) in [6.07, 6.45) is 3.91. The normalized spacial score (nSPS) is 20.5. The Hall–Kier alpha value is -3.13. The first kappa shape index (κ1) is 20.8. The van der Waals surface area contributed by atoms with Crippen LogP contribution in [0.15, 0.2) is 36.5 Å². The molecule has 3 aliphatic rings. The van der Waals surface area contributed by atoms with Crippen molar-refractivity contribution in [3.8, 4) is 0 Å². The zero-order valence-corrected chi connectivity index (χ0v) is 18.5. The van der Waals surface area contributed by atoms with Gasteiger partial charge in [0.2, 0.25) is 5.91 Å². The van der Waals surface area contributed by atoms with Gasteiger partial charge in [0, 0.05) is 63.3 Å². The van der Waals surface area contributed by atoms with Crippen LogP contribution in [0.3, 0.4) is 0 Å². The average Bonchev–Trinajstić information content (AvgIpc) is 3.31. The molecule has 0 radical (unpaired) electrons. The van der Waals surface area contributed by atoms with Gasteiger partial charge in [0.25, 0.3) is 5.91 Å². The maximum absolute atomic E-state index is 12.4. The Balaban J connectivity index is 1.18. The van der Waals surface area contributed by atoms with Crippen LogP contribution < -0.4 is 20.4 Å². The topological polar surface area (TPSA) is 80.8 Å². The molecular formula is C24H30N6O2. The van der Waals surface area contributed by atoms with Crippen LogP contribution >= 0.6 is 0 Å². The Morgan fingerprint density at radius 1 is 1.16 bits per heavy atom. The van der Waals surface area contributed by atoms with Crippen molar-refractivity contribution in [2.24, 2.45) is 0 Å². The standard InChI is InChI=1S/C24H30N6O2/c1-2-25-23(31)18-5-7-19(8-6-18)29-12-10-28(11-13-29)16-17-14-20-22(26-15-17)30-9-3-4-21(30)24(32)27-20/h5-8,14-15,21H,2-4,9-13,16H2,1H3,(H,25,31)(H,27,32)/t21-/m0/s1. The smallest absolute Gasteiger partial charge is 0.251 e. The number of carbonyl (C=O) groups is 2. The predicted octanol–water partition coefficient (Wildman–Crippen LogP) is 2.07. The van der Waals surface area contributed by atoms with Gasteiger partial charge in [0.05, 0.1) is 5.69 Å². The fourth-order valence-corrected chi connectivity index (χ4v) is 4.93. The van der Waals surface area contributed by atoms with Crippen molar-refractivity contribution in [2.45, 2.75) is 32.4 Å². The van der Waals surface area contributed by atoms with Crippen molar-refractivity contribution in [1.82, 2.24) is 15.2 Å². The van der Waals surface area contributed by atoms with Gasteiger partial charge in [-0.2, -0.15) is 0 Å². The van der Waals surface area contributed by atoms with Crippen LogP contribution in [-0.4, -0.2) is 67.0 Å². The Labute approximate surface area is 188 Å². The average molecular weight is 435 g/mol. The predicted molar refractivity (Wildman–Crippen MR) is 125 cm³/mol. The van der Waals surface area contributed by atoms with Gasteiger partial charge in [-0.1, -0.05) is 0 Å². The summed E-state index contributed by atoms with van der Waals surface area (Å²) in [7, 11) is 0. The summed E-state index contributed by atoms with van der Waals surface area (Å²) in [4.78, 5) is 36.0. The van der Waals surface area contributed by atoms with Crippen molar-refractivity contribution >= 4 is 29.0 Å². The summed E-state index contributed by atoms with van der Waals surface area (Å²) >= 11 is 0. The molecule has 1 atom stereocenters. The molecule has 8 nitrogen and oxygen atoms in total. The number of pyridine rings is 1. The van der Waals surface area contributed by atoms with E-state index in [9.17, 15) is 9.59 Å². The summed E-state index contributed by atoms with van der Waals surface area (Å²) in [6, 6.07) is 9.88. The molecule has 0 aliphatic carbocycles. The lowest BCUT2D eigenvalue weighted by Gasteiger charge is -2.36. The van der Waals surface area contributed by atoms with Crippen molar-refractivity contribution < 1.29 is 9.59 Å². The second-order valence-corrected chi connectivity index (χ2v) is 8.72. The maximum atomic E-state index is 12.4. The monoisotopic (exact) mass is 434 g/mol. The van der Waals surface area contributed by atoms with Crippen LogP contribution in [0.5, 0.6) is 0 Å². The Morgan fingerprint density at radius 3 is 2.69 bits per heavy atom. The number of benzene rings is 1. The molecule has 168 valence electrons. The molecule has 2 fully saturated rings. The van der Waals surface area contributed by atoms with Gasteiger partial charge in [-0.25, -0.2) is 4.98 Å². The summed E-state index contributed by atoms with van der Waals surface area (Å²) in [5, 5.41) is 5.89. The van der Waals surface area contributed by atoms with Crippen LogP contribution in [0.25, 0.3) is 0 Å². The molecular weight excluding hydrogens is 404 g/mol. The second kappa shape index (κ2) is 8.78. The van der Waals surface area contributed by atoms with Gasteiger partial charge in [0.1, 0.15) is 6.04 Å². The lowest BCUT2D eigenvalue weighted by molar-refractivity contribution is -0.117. The molecule has 1 aromatic carbocycles. The Kier molecular flexibility index (Phi) is 5.70. The molecule has 0 saturated carbocycles. The number of anilines is 3. The van der Waals surface area contributed by atoms with E-state index < -0.39 is 0 Å². The zero-order valence-electron chi connectivity index (χ0n) is 18.5. The maximum Gasteiger partial charge on any atom is 0.251 e. The molecule has 2 aromatic rings. The van der Waals surface area contributed by atoms with E-state index in [4.69, 9.17) is 4.98 Å². The van der Waals surface area contributed by atoms with Gasteiger partial charge in [0.15, 0.2) is 5.82 Å². The molecule has 5 rings (SSSR count). The van der Waals surface area contributed by atoms with E-state index in [1.165, 1.54) is 0 Å².